The molecule has 19 heavy (non-hydrogen) atoms. The van der Waals surface area contributed by atoms with E-state index >= 15 is 0 Å². The molecule has 1 fully saturated rings. The molecule has 1 heterocycles. The van der Waals surface area contributed by atoms with Crippen molar-refractivity contribution in [1.29, 1.82) is 0 Å². The van der Waals surface area contributed by atoms with Gasteiger partial charge in [0.15, 0.2) is 0 Å². The minimum Gasteiger partial charge on any atom is -0.384 e. The number of carbonyl (C=O) groups is 1. The molecule has 100 valence electrons. The van der Waals surface area contributed by atoms with Gasteiger partial charge in [0, 0.05) is 24.2 Å². The van der Waals surface area contributed by atoms with Crippen molar-refractivity contribution in [3.8, 4) is 11.8 Å². The monoisotopic (exact) mass is 257 g/mol. The van der Waals surface area contributed by atoms with Crippen LogP contribution in [0, 0.1) is 18.8 Å². The number of aryl methyl sites for hydroxylation is 1. The zero-order valence-corrected chi connectivity index (χ0v) is 11.3. The average Bonchev–Trinajstić information content (AvgIpc) is 2.63. The molecule has 0 aromatic heterocycles. The van der Waals surface area contributed by atoms with Gasteiger partial charge in [-0.05, 0) is 37.5 Å². The molecule has 3 heteroatoms. The Bertz CT molecular complexity index is 525. The van der Waals surface area contributed by atoms with E-state index < -0.39 is 0 Å². The SMILES string of the molecule is Cc1ccc(C#CCO)cc1N1CCCCCC1=O. The first-order valence-corrected chi connectivity index (χ1v) is 6.73. The van der Waals surface area contributed by atoms with Gasteiger partial charge in [-0.15, -0.1) is 0 Å². The second-order valence-corrected chi connectivity index (χ2v) is 4.82. The van der Waals surface area contributed by atoms with Crippen LogP contribution in [-0.2, 0) is 4.79 Å². The highest BCUT2D eigenvalue weighted by Crippen LogP contribution is 2.25. The van der Waals surface area contributed by atoms with Crippen LogP contribution in [0.4, 0.5) is 5.69 Å². The van der Waals surface area contributed by atoms with E-state index in [-0.39, 0.29) is 12.5 Å². The number of hydrogen-bond acceptors (Lipinski definition) is 2. The van der Waals surface area contributed by atoms with Crippen LogP contribution in [0.3, 0.4) is 0 Å². The molecule has 1 N–H and O–H groups in total. The van der Waals surface area contributed by atoms with E-state index in [0.717, 1.165) is 42.6 Å². The van der Waals surface area contributed by atoms with Crippen LogP contribution in [0.25, 0.3) is 0 Å². The Balaban J connectivity index is 2.33. The number of aliphatic hydroxyl groups is 1. The molecule has 0 bridgehead atoms. The van der Waals surface area contributed by atoms with Crippen molar-refractivity contribution in [1.82, 2.24) is 0 Å². The van der Waals surface area contributed by atoms with E-state index in [2.05, 4.69) is 11.8 Å². The summed E-state index contributed by atoms with van der Waals surface area (Å²) in [6.45, 7) is 2.65. The molecule has 1 saturated heterocycles. The lowest BCUT2D eigenvalue weighted by molar-refractivity contribution is -0.118. The Kier molecular flexibility index (Phi) is 4.59. The molecular formula is C16H19NO2. The summed E-state index contributed by atoms with van der Waals surface area (Å²) in [5.41, 5.74) is 2.88. The van der Waals surface area contributed by atoms with Crippen LogP contribution in [-0.4, -0.2) is 24.2 Å². The Morgan fingerprint density at radius 1 is 1.32 bits per heavy atom. The van der Waals surface area contributed by atoms with Crippen LogP contribution in [0.15, 0.2) is 18.2 Å². The number of rotatable bonds is 1. The standard InChI is InChI=1S/C16H19NO2/c1-13-8-9-14(6-5-11-18)12-15(13)17-10-4-2-3-7-16(17)19/h8-9,12,18H,2-4,7,10-11H2,1H3. The third-order valence-electron chi connectivity index (χ3n) is 3.39. The predicted octanol–water partition coefficient (Wildman–Crippen LogP) is 2.25. The number of hydrogen-bond donors (Lipinski definition) is 1. The smallest absolute Gasteiger partial charge is 0.226 e. The molecule has 0 radical (unpaired) electrons. The molecule has 1 aliphatic rings. The van der Waals surface area contributed by atoms with Gasteiger partial charge >= 0.3 is 0 Å². The van der Waals surface area contributed by atoms with Crippen molar-refractivity contribution in [2.24, 2.45) is 0 Å². The number of nitrogens with zero attached hydrogens (tertiary/aromatic N) is 1. The molecule has 1 aromatic rings. The minimum atomic E-state index is -0.147. The maximum Gasteiger partial charge on any atom is 0.226 e. The summed E-state index contributed by atoms with van der Waals surface area (Å²) in [6.07, 6.45) is 3.79. The maximum atomic E-state index is 12.1. The number of benzene rings is 1. The van der Waals surface area contributed by atoms with Crippen molar-refractivity contribution < 1.29 is 9.90 Å². The summed E-state index contributed by atoms with van der Waals surface area (Å²) in [7, 11) is 0. The third kappa shape index (κ3) is 3.36. The van der Waals surface area contributed by atoms with Crippen molar-refractivity contribution in [2.45, 2.75) is 32.6 Å². The van der Waals surface area contributed by atoms with Gasteiger partial charge in [0.25, 0.3) is 0 Å². The number of anilines is 1. The fourth-order valence-corrected chi connectivity index (χ4v) is 2.36. The number of amides is 1. The normalized spacial score (nSPS) is 15.7. The fourth-order valence-electron chi connectivity index (χ4n) is 2.36. The van der Waals surface area contributed by atoms with Crippen LogP contribution in [0.5, 0.6) is 0 Å². The van der Waals surface area contributed by atoms with E-state index in [1.54, 1.807) is 0 Å². The van der Waals surface area contributed by atoms with Gasteiger partial charge in [-0.2, -0.15) is 0 Å². The number of aliphatic hydroxyl groups excluding tert-OH is 1. The van der Waals surface area contributed by atoms with Gasteiger partial charge in [-0.25, -0.2) is 0 Å². The van der Waals surface area contributed by atoms with E-state index in [1.807, 2.05) is 30.0 Å². The molecule has 1 aliphatic heterocycles. The largest absolute Gasteiger partial charge is 0.384 e. The van der Waals surface area contributed by atoms with Crippen LogP contribution in [0.2, 0.25) is 0 Å². The highest BCUT2D eigenvalue weighted by atomic mass is 16.2. The lowest BCUT2D eigenvalue weighted by Gasteiger charge is -2.23. The molecule has 0 aliphatic carbocycles. The molecule has 0 unspecified atom stereocenters. The summed E-state index contributed by atoms with van der Waals surface area (Å²) >= 11 is 0. The van der Waals surface area contributed by atoms with Crippen molar-refractivity contribution in [2.75, 3.05) is 18.1 Å². The van der Waals surface area contributed by atoms with Crippen LogP contribution < -0.4 is 4.90 Å². The molecular weight excluding hydrogens is 238 g/mol. The lowest BCUT2D eigenvalue weighted by Crippen LogP contribution is -2.30. The molecule has 0 spiro atoms. The number of carbonyl (C=O) groups excluding carboxylic acids is 1. The first kappa shape index (κ1) is 13.6. The van der Waals surface area contributed by atoms with E-state index in [1.165, 1.54) is 0 Å². The molecule has 0 saturated carbocycles. The van der Waals surface area contributed by atoms with E-state index in [9.17, 15) is 4.79 Å². The average molecular weight is 257 g/mol. The maximum absolute atomic E-state index is 12.1. The Hall–Kier alpha value is -1.79. The lowest BCUT2D eigenvalue weighted by atomic mass is 10.1. The third-order valence-corrected chi connectivity index (χ3v) is 3.39. The van der Waals surface area contributed by atoms with Crippen LogP contribution >= 0.6 is 0 Å². The van der Waals surface area contributed by atoms with E-state index in [0.29, 0.717) is 6.42 Å². The predicted molar refractivity (Wildman–Crippen MR) is 76.0 cm³/mol. The zero-order valence-electron chi connectivity index (χ0n) is 11.3. The summed E-state index contributed by atoms with van der Waals surface area (Å²) in [4.78, 5) is 14.0. The quantitative estimate of drug-likeness (QED) is 0.784. The molecule has 3 nitrogen and oxygen atoms in total. The van der Waals surface area contributed by atoms with Crippen molar-refractivity contribution in [3.63, 3.8) is 0 Å². The fraction of sp³-hybridized carbons (Fsp3) is 0.438. The zero-order chi connectivity index (χ0) is 13.7. The first-order valence-electron chi connectivity index (χ1n) is 6.73. The summed E-state index contributed by atoms with van der Waals surface area (Å²) in [5, 5.41) is 8.74. The second kappa shape index (κ2) is 6.40. The topological polar surface area (TPSA) is 40.5 Å². The summed E-state index contributed by atoms with van der Waals surface area (Å²) in [6, 6.07) is 5.85. The van der Waals surface area contributed by atoms with Gasteiger partial charge in [0.05, 0.1) is 0 Å². The van der Waals surface area contributed by atoms with Gasteiger partial charge in [-0.3, -0.25) is 4.79 Å². The summed E-state index contributed by atoms with van der Waals surface area (Å²) in [5.74, 6) is 5.74. The molecule has 2 rings (SSSR count). The molecule has 1 amide bonds. The molecule has 1 aromatic carbocycles. The molecule has 0 atom stereocenters. The first-order chi connectivity index (χ1) is 9.22. The second-order valence-electron chi connectivity index (χ2n) is 4.82. The van der Waals surface area contributed by atoms with Gasteiger partial charge in [0.1, 0.15) is 6.61 Å². The highest BCUT2D eigenvalue weighted by molar-refractivity contribution is 5.94. The van der Waals surface area contributed by atoms with Crippen LogP contribution in [0.1, 0.15) is 36.8 Å². The van der Waals surface area contributed by atoms with Gasteiger partial charge < -0.3 is 10.0 Å². The van der Waals surface area contributed by atoms with Gasteiger partial charge in [-0.1, -0.05) is 24.3 Å². The van der Waals surface area contributed by atoms with Crippen molar-refractivity contribution in [3.05, 3.63) is 29.3 Å². The van der Waals surface area contributed by atoms with E-state index in [4.69, 9.17) is 5.11 Å². The Morgan fingerprint density at radius 3 is 2.95 bits per heavy atom. The van der Waals surface area contributed by atoms with Crippen molar-refractivity contribution >= 4 is 11.6 Å². The Labute approximate surface area is 114 Å². The van der Waals surface area contributed by atoms with Gasteiger partial charge in [0.2, 0.25) is 5.91 Å². The summed E-state index contributed by atoms with van der Waals surface area (Å²) < 4.78 is 0. The highest BCUT2D eigenvalue weighted by Gasteiger charge is 2.19. The Morgan fingerprint density at radius 2 is 2.16 bits per heavy atom. The minimum absolute atomic E-state index is 0.147.